The molecule has 0 aromatic heterocycles. The minimum atomic E-state index is -2.77. The van der Waals surface area contributed by atoms with Crippen LogP contribution >= 0.6 is 0 Å². The van der Waals surface area contributed by atoms with Gasteiger partial charge in [0.25, 0.3) is 6.43 Å². The summed E-state index contributed by atoms with van der Waals surface area (Å²) in [4.78, 5) is 0. The highest BCUT2D eigenvalue weighted by molar-refractivity contribution is 5.48. The van der Waals surface area contributed by atoms with Gasteiger partial charge in [0.05, 0.1) is 6.04 Å². The second kappa shape index (κ2) is 4.28. The second-order valence-corrected chi connectivity index (χ2v) is 2.85. The lowest BCUT2D eigenvalue weighted by atomic mass is 10.0. The molecule has 14 heavy (non-hydrogen) atoms. The highest BCUT2D eigenvalue weighted by Crippen LogP contribution is 2.22. The second-order valence-electron chi connectivity index (χ2n) is 2.85. The minimum Gasteiger partial charge on any atom is -0.319 e. The SMILES string of the molecule is C=Cc1ccc(F)c([C@@H](N)C(F)F)c1. The van der Waals surface area contributed by atoms with Crippen molar-refractivity contribution in [2.75, 3.05) is 0 Å². The van der Waals surface area contributed by atoms with E-state index in [9.17, 15) is 13.2 Å². The fraction of sp³-hybridized carbons (Fsp3) is 0.200. The fourth-order valence-electron chi connectivity index (χ4n) is 1.08. The van der Waals surface area contributed by atoms with Gasteiger partial charge in [0.2, 0.25) is 0 Å². The molecule has 1 aromatic carbocycles. The standard InChI is InChI=1S/C10H10F3N/c1-2-6-3-4-8(11)7(5-6)9(14)10(12)13/h2-5,9-10H,1,14H2/t9-/m1/s1. The Morgan fingerprint density at radius 2 is 2.00 bits per heavy atom. The zero-order chi connectivity index (χ0) is 10.7. The van der Waals surface area contributed by atoms with Crippen LogP contribution in [0.15, 0.2) is 24.8 Å². The molecule has 0 radical (unpaired) electrons. The van der Waals surface area contributed by atoms with Gasteiger partial charge in [-0.05, 0) is 17.7 Å². The van der Waals surface area contributed by atoms with Crippen LogP contribution in [0.4, 0.5) is 13.2 Å². The smallest absolute Gasteiger partial charge is 0.257 e. The molecule has 1 nitrogen and oxygen atoms in total. The number of rotatable bonds is 3. The summed E-state index contributed by atoms with van der Waals surface area (Å²) in [7, 11) is 0. The first-order valence-corrected chi connectivity index (χ1v) is 4.02. The van der Waals surface area contributed by atoms with Crippen LogP contribution in [0.1, 0.15) is 17.2 Å². The first kappa shape index (κ1) is 10.8. The maximum Gasteiger partial charge on any atom is 0.257 e. The highest BCUT2D eigenvalue weighted by Gasteiger charge is 2.20. The Morgan fingerprint density at radius 3 is 2.50 bits per heavy atom. The molecule has 0 unspecified atom stereocenters. The van der Waals surface area contributed by atoms with Crippen LogP contribution in [0.3, 0.4) is 0 Å². The van der Waals surface area contributed by atoms with Gasteiger partial charge in [-0.2, -0.15) is 0 Å². The molecule has 0 aliphatic rings. The quantitative estimate of drug-likeness (QED) is 0.799. The Bertz CT molecular complexity index is 336. The van der Waals surface area contributed by atoms with E-state index in [1.807, 2.05) is 0 Å². The third-order valence-corrected chi connectivity index (χ3v) is 1.89. The molecule has 0 spiro atoms. The number of hydrogen-bond donors (Lipinski definition) is 1. The molecule has 0 aliphatic heterocycles. The Hall–Kier alpha value is -1.29. The third kappa shape index (κ3) is 2.14. The number of nitrogens with two attached hydrogens (primary N) is 1. The molecule has 76 valence electrons. The Balaban J connectivity index is 3.11. The zero-order valence-electron chi connectivity index (χ0n) is 7.38. The van der Waals surface area contributed by atoms with Gasteiger partial charge in [0, 0.05) is 5.56 Å². The summed E-state index contributed by atoms with van der Waals surface area (Å²) in [6, 6.07) is 2.24. The molecule has 0 aliphatic carbocycles. The van der Waals surface area contributed by atoms with Gasteiger partial charge in [0.1, 0.15) is 5.82 Å². The lowest BCUT2D eigenvalue weighted by molar-refractivity contribution is 0.115. The Kier molecular flexibility index (Phi) is 3.30. The van der Waals surface area contributed by atoms with E-state index in [2.05, 4.69) is 6.58 Å². The number of hydrogen-bond acceptors (Lipinski definition) is 1. The number of benzene rings is 1. The van der Waals surface area contributed by atoms with Crippen LogP contribution in [0.5, 0.6) is 0 Å². The molecule has 1 aromatic rings. The molecule has 0 amide bonds. The summed E-state index contributed by atoms with van der Waals surface area (Å²) in [6.45, 7) is 3.46. The Morgan fingerprint density at radius 1 is 1.36 bits per heavy atom. The first-order chi connectivity index (χ1) is 6.56. The van der Waals surface area contributed by atoms with Crippen molar-refractivity contribution in [3.63, 3.8) is 0 Å². The largest absolute Gasteiger partial charge is 0.319 e. The van der Waals surface area contributed by atoms with Gasteiger partial charge < -0.3 is 5.73 Å². The van der Waals surface area contributed by atoms with Crippen molar-refractivity contribution in [2.24, 2.45) is 5.73 Å². The van der Waals surface area contributed by atoms with Crippen LogP contribution in [0.25, 0.3) is 6.08 Å². The van der Waals surface area contributed by atoms with Crippen LogP contribution in [-0.2, 0) is 0 Å². The van der Waals surface area contributed by atoms with Crippen LogP contribution in [0, 0.1) is 5.82 Å². The lowest BCUT2D eigenvalue weighted by Gasteiger charge is -2.12. The molecular formula is C10H10F3N. The average Bonchev–Trinajstić information content (AvgIpc) is 2.17. The van der Waals surface area contributed by atoms with E-state index < -0.39 is 18.3 Å². The summed E-state index contributed by atoms with van der Waals surface area (Å²) in [5.41, 5.74) is 5.52. The maximum absolute atomic E-state index is 13.1. The highest BCUT2D eigenvalue weighted by atomic mass is 19.3. The number of halogens is 3. The van der Waals surface area contributed by atoms with Crippen molar-refractivity contribution >= 4 is 6.08 Å². The summed E-state index contributed by atoms with van der Waals surface area (Å²) < 4.78 is 37.5. The van der Waals surface area contributed by atoms with Crippen molar-refractivity contribution in [3.8, 4) is 0 Å². The molecule has 0 saturated heterocycles. The third-order valence-electron chi connectivity index (χ3n) is 1.89. The molecule has 0 bridgehead atoms. The predicted octanol–water partition coefficient (Wildman–Crippen LogP) is 2.73. The van der Waals surface area contributed by atoms with Crippen molar-refractivity contribution in [1.29, 1.82) is 0 Å². The van der Waals surface area contributed by atoms with E-state index in [1.54, 1.807) is 0 Å². The monoisotopic (exact) mass is 201 g/mol. The van der Waals surface area contributed by atoms with Crippen molar-refractivity contribution in [2.45, 2.75) is 12.5 Å². The van der Waals surface area contributed by atoms with Gasteiger partial charge in [-0.1, -0.05) is 18.7 Å². The van der Waals surface area contributed by atoms with Crippen LogP contribution in [-0.4, -0.2) is 6.43 Å². The average molecular weight is 201 g/mol. The van der Waals surface area contributed by atoms with Gasteiger partial charge in [-0.15, -0.1) is 0 Å². The van der Waals surface area contributed by atoms with Crippen LogP contribution < -0.4 is 5.73 Å². The van der Waals surface area contributed by atoms with Crippen molar-refractivity contribution in [1.82, 2.24) is 0 Å². The van der Waals surface area contributed by atoms with E-state index in [0.29, 0.717) is 5.56 Å². The van der Waals surface area contributed by atoms with Crippen molar-refractivity contribution < 1.29 is 13.2 Å². The molecule has 2 N–H and O–H groups in total. The van der Waals surface area contributed by atoms with Crippen molar-refractivity contribution in [3.05, 3.63) is 41.7 Å². The molecule has 0 heterocycles. The molecule has 0 fully saturated rings. The molecule has 4 heteroatoms. The summed E-state index contributed by atoms with van der Waals surface area (Å²) in [5, 5.41) is 0. The van der Waals surface area contributed by atoms with E-state index in [0.717, 1.165) is 6.07 Å². The fourth-order valence-corrected chi connectivity index (χ4v) is 1.08. The van der Waals surface area contributed by atoms with Crippen LogP contribution in [0.2, 0.25) is 0 Å². The normalized spacial score (nSPS) is 12.9. The molecular weight excluding hydrogens is 191 g/mol. The van der Waals surface area contributed by atoms with E-state index in [4.69, 9.17) is 5.73 Å². The summed E-state index contributed by atoms with van der Waals surface area (Å²) >= 11 is 0. The minimum absolute atomic E-state index is 0.183. The molecule has 1 rings (SSSR count). The van der Waals surface area contributed by atoms with Gasteiger partial charge in [-0.3, -0.25) is 0 Å². The van der Waals surface area contributed by atoms with E-state index >= 15 is 0 Å². The Labute approximate surface area is 80.0 Å². The lowest BCUT2D eigenvalue weighted by Crippen LogP contribution is -2.20. The van der Waals surface area contributed by atoms with Gasteiger partial charge in [-0.25, -0.2) is 13.2 Å². The van der Waals surface area contributed by atoms with Gasteiger partial charge >= 0.3 is 0 Å². The summed E-state index contributed by atoms with van der Waals surface area (Å²) in [5.74, 6) is -0.719. The van der Waals surface area contributed by atoms with Gasteiger partial charge in [0.15, 0.2) is 0 Å². The topological polar surface area (TPSA) is 26.0 Å². The molecule has 0 saturated carbocycles. The van der Waals surface area contributed by atoms with E-state index in [1.165, 1.54) is 18.2 Å². The first-order valence-electron chi connectivity index (χ1n) is 4.02. The number of alkyl halides is 2. The maximum atomic E-state index is 13.1. The zero-order valence-corrected chi connectivity index (χ0v) is 7.38. The predicted molar refractivity (Wildman–Crippen MR) is 49.4 cm³/mol. The molecule has 1 atom stereocenters. The summed E-state index contributed by atoms with van der Waals surface area (Å²) in [6.07, 6.45) is -1.33. The van der Waals surface area contributed by atoms with E-state index in [-0.39, 0.29) is 5.56 Å².